The van der Waals surface area contributed by atoms with Crippen LogP contribution in [0.25, 0.3) is 11.0 Å². The number of anilines is 1. The van der Waals surface area contributed by atoms with Crippen molar-refractivity contribution in [3.63, 3.8) is 0 Å². The summed E-state index contributed by atoms with van der Waals surface area (Å²) in [6.45, 7) is 6.39. The van der Waals surface area contributed by atoms with Gasteiger partial charge >= 0.3 is 0 Å². The predicted octanol–water partition coefficient (Wildman–Crippen LogP) is 2.70. The normalized spacial score (nSPS) is 21.3. The van der Waals surface area contributed by atoms with Crippen molar-refractivity contribution in [2.75, 3.05) is 25.0 Å². The first-order chi connectivity index (χ1) is 13.3. The molecule has 1 aliphatic rings. The number of hydrogen-bond donors (Lipinski definition) is 1. The minimum absolute atomic E-state index is 0.0458. The minimum atomic E-state index is -3.65. The maximum absolute atomic E-state index is 13.3. The Morgan fingerprint density at radius 3 is 2.82 bits per heavy atom. The van der Waals surface area contributed by atoms with Gasteiger partial charge in [0.25, 0.3) is 0 Å². The van der Waals surface area contributed by atoms with E-state index in [4.69, 9.17) is 4.52 Å². The van der Waals surface area contributed by atoms with Gasteiger partial charge in [-0.1, -0.05) is 12.1 Å². The second-order valence-corrected chi connectivity index (χ2v) is 9.41. The number of fused-ring (bicyclic) bond motifs is 1. The molecule has 2 atom stereocenters. The molecule has 4 heterocycles. The highest BCUT2D eigenvalue weighted by Gasteiger charge is 2.38. The van der Waals surface area contributed by atoms with E-state index in [2.05, 4.69) is 26.9 Å². The number of sulfonamides is 1. The number of likely N-dealkylation sites (N-methyl/N-ethyl adjacent to an activating group) is 1. The third-order valence-corrected chi connectivity index (χ3v) is 7.87. The summed E-state index contributed by atoms with van der Waals surface area (Å²) in [6.07, 6.45) is 4.43. The average molecular weight is 404 g/mol. The van der Waals surface area contributed by atoms with Gasteiger partial charge in [0.2, 0.25) is 10.0 Å². The molecule has 0 radical (unpaired) electrons. The lowest BCUT2D eigenvalue weighted by atomic mass is 9.93. The Morgan fingerprint density at radius 1 is 1.32 bits per heavy atom. The first kappa shape index (κ1) is 18.9. The number of nitrogens with one attached hydrogen (secondary N) is 1. The van der Waals surface area contributed by atoms with Gasteiger partial charge in [-0.25, -0.2) is 13.4 Å². The number of rotatable bonds is 4. The zero-order valence-electron chi connectivity index (χ0n) is 16.5. The summed E-state index contributed by atoms with van der Waals surface area (Å²) in [6, 6.07) is 4.02. The van der Waals surface area contributed by atoms with Crippen molar-refractivity contribution in [1.82, 2.24) is 19.4 Å². The van der Waals surface area contributed by atoms with Crippen LogP contribution < -0.4 is 4.90 Å². The Labute approximate surface area is 164 Å². The van der Waals surface area contributed by atoms with E-state index in [0.29, 0.717) is 30.5 Å². The second kappa shape index (κ2) is 6.89. The fraction of sp³-hybridized carbons (Fsp3) is 0.474. The lowest BCUT2D eigenvalue weighted by Crippen LogP contribution is -2.52. The quantitative estimate of drug-likeness (QED) is 0.720. The molecule has 1 N–H and O–H groups in total. The molecular formula is C19H25N5O3S. The van der Waals surface area contributed by atoms with Gasteiger partial charge in [-0.3, -0.25) is 0 Å². The lowest BCUT2D eigenvalue weighted by Gasteiger charge is -2.42. The van der Waals surface area contributed by atoms with E-state index in [0.717, 1.165) is 23.1 Å². The summed E-state index contributed by atoms with van der Waals surface area (Å²) < 4.78 is 33.2. The molecule has 150 valence electrons. The van der Waals surface area contributed by atoms with Gasteiger partial charge in [0.1, 0.15) is 16.2 Å². The van der Waals surface area contributed by atoms with Gasteiger partial charge in [-0.15, -0.1) is 0 Å². The monoisotopic (exact) mass is 403 g/mol. The van der Waals surface area contributed by atoms with Gasteiger partial charge in [0, 0.05) is 49.6 Å². The van der Waals surface area contributed by atoms with E-state index < -0.39 is 10.0 Å². The lowest BCUT2D eigenvalue weighted by molar-refractivity contribution is 0.247. The van der Waals surface area contributed by atoms with Crippen LogP contribution in [0.15, 0.2) is 33.9 Å². The Balaban J connectivity index is 1.66. The smallest absolute Gasteiger partial charge is 0.248 e. The van der Waals surface area contributed by atoms with Crippen LogP contribution in [0.1, 0.15) is 24.8 Å². The molecule has 0 spiro atoms. The number of H-pyrrole nitrogens is 1. The summed E-state index contributed by atoms with van der Waals surface area (Å²) in [5.74, 6) is 0.687. The van der Waals surface area contributed by atoms with Crippen LogP contribution in [0.2, 0.25) is 0 Å². The topological polar surface area (TPSA) is 95.3 Å². The van der Waals surface area contributed by atoms with Crippen molar-refractivity contribution in [2.24, 2.45) is 5.92 Å². The number of aromatic nitrogens is 3. The van der Waals surface area contributed by atoms with Gasteiger partial charge < -0.3 is 14.4 Å². The number of piperidine rings is 1. The molecule has 0 bridgehead atoms. The molecule has 4 rings (SSSR count). The van der Waals surface area contributed by atoms with E-state index in [1.165, 1.54) is 0 Å². The van der Waals surface area contributed by atoms with Gasteiger partial charge in [-0.2, -0.15) is 4.31 Å². The van der Waals surface area contributed by atoms with Gasteiger partial charge in [-0.05, 0) is 38.3 Å². The Bertz CT molecular complexity index is 1080. The maximum atomic E-state index is 13.3. The largest absolute Gasteiger partial charge is 0.369 e. The molecule has 0 aliphatic carbocycles. The molecule has 0 aromatic carbocycles. The number of aromatic amines is 1. The average Bonchev–Trinajstić information content (AvgIpc) is 3.27. The van der Waals surface area contributed by atoms with Gasteiger partial charge in [0.05, 0.1) is 0 Å². The molecular weight excluding hydrogens is 378 g/mol. The summed E-state index contributed by atoms with van der Waals surface area (Å²) in [4.78, 5) is 9.85. The molecule has 3 aromatic heterocycles. The second-order valence-electron chi connectivity index (χ2n) is 7.53. The molecule has 1 fully saturated rings. The summed E-state index contributed by atoms with van der Waals surface area (Å²) in [5, 5.41) is 4.85. The maximum Gasteiger partial charge on any atom is 0.248 e. The number of pyridine rings is 1. The molecule has 2 unspecified atom stereocenters. The fourth-order valence-corrected chi connectivity index (χ4v) is 5.91. The highest BCUT2D eigenvalue weighted by molar-refractivity contribution is 7.89. The van der Waals surface area contributed by atoms with Crippen molar-refractivity contribution in [1.29, 1.82) is 0 Å². The molecule has 1 saturated heterocycles. The molecule has 0 saturated carbocycles. The van der Waals surface area contributed by atoms with Crippen molar-refractivity contribution < 1.29 is 12.9 Å². The van der Waals surface area contributed by atoms with Crippen LogP contribution in [-0.4, -0.2) is 54.0 Å². The van der Waals surface area contributed by atoms with E-state index >= 15 is 0 Å². The molecule has 1 aliphatic heterocycles. The van der Waals surface area contributed by atoms with E-state index in [1.54, 1.807) is 24.3 Å². The van der Waals surface area contributed by atoms with Gasteiger partial charge in [0.15, 0.2) is 5.76 Å². The molecule has 28 heavy (non-hydrogen) atoms. The standard InChI is InChI=1S/C19H25N5O3S/c1-12-7-10-24(28(25,26)18-13(2)22-27-14(18)3)11-17(12)23(4)16-6-9-21-19-15(16)5-8-20-19/h5-6,8-9,12,17H,7,10-11H2,1-4H3,(H,20,21). The first-order valence-electron chi connectivity index (χ1n) is 9.38. The van der Waals surface area contributed by atoms with Crippen LogP contribution in [0, 0.1) is 19.8 Å². The summed E-state index contributed by atoms with van der Waals surface area (Å²) >= 11 is 0. The Kier molecular flexibility index (Phi) is 4.67. The highest BCUT2D eigenvalue weighted by atomic mass is 32.2. The molecule has 3 aromatic rings. The van der Waals surface area contributed by atoms with Crippen LogP contribution in [-0.2, 0) is 10.0 Å². The van der Waals surface area contributed by atoms with Crippen LogP contribution in [0.5, 0.6) is 0 Å². The Morgan fingerprint density at radius 2 is 2.11 bits per heavy atom. The van der Waals surface area contributed by atoms with Crippen LogP contribution in [0.3, 0.4) is 0 Å². The Hall–Kier alpha value is -2.39. The third-order valence-electron chi connectivity index (χ3n) is 5.76. The van der Waals surface area contributed by atoms with Crippen LogP contribution in [0.4, 0.5) is 5.69 Å². The fourth-order valence-electron chi connectivity index (χ4n) is 4.15. The van der Waals surface area contributed by atoms with Crippen molar-refractivity contribution in [2.45, 2.75) is 38.1 Å². The number of nitrogens with zero attached hydrogens (tertiary/aromatic N) is 4. The highest BCUT2D eigenvalue weighted by Crippen LogP contribution is 2.33. The number of hydrogen-bond acceptors (Lipinski definition) is 6. The zero-order valence-corrected chi connectivity index (χ0v) is 17.3. The SMILES string of the molecule is Cc1noc(C)c1S(=O)(=O)N1CCC(C)C(N(C)c2ccnc3[nH]ccc23)C1. The minimum Gasteiger partial charge on any atom is -0.369 e. The van der Waals surface area contributed by atoms with E-state index in [1.807, 2.05) is 25.4 Å². The molecule has 8 nitrogen and oxygen atoms in total. The molecule has 9 heteroatoms. The third kappa shape index (κ3) is 2.98. The first-order valence-corrected chi connectivity index (χ1v) is 10.8. The summed E-state index contributed by atoms with van der Waals surface area (Å²) in [5.41, 5.74) is 2.27. The summed E-state index contributed by atoms with van der Waals surface area (Å²) in [7, 11) is -1.63. The van der Waals surface area contributed by atoms with E-state index in [-0.39, 0.29) is 10.9 Å². The van der Waals surface area contributed by atoms with E-state index in [9.17, 15) is 8.42 Å². The van der Waals surface area contributed by atoms with Crippen LogP contribution >= 0.6 is 0 Å². The van der Waals surface area contributed by atoms with Crippen molar-refractivity contribution in [3.8, 4) is 0 Å². The van der Waals surface area contributed by atoms with Crippen molar-refractivity contribution >= 4 is 26.7 Å². The predicted molar refractivity (Wildman–Crippen MR) is 107 cm³/mol. The number of aryl methyl sites for hydroxylation is 2. The molecule has 0 amide bonds. The van der Waals surface area contributed by atoms with Crippen molar-refractivity contribution in [3.05, 3.63) is 36.0 Å². The zero-order chi connectivity index (χ0) is 20.1.